The molecule has 0 spiro atoms. The van der Waals surface area contributed by atoms with Crippen LogP contribution in [-0.2, 0) is 0 Å². The highest BCUT2D eigenvalue weighted by Gasteiger charge is 2.20. The first-order valence-corrected chi connectivity index (χ1v) is 9.59. The Morgan fingerprint density at radius 2 is 1.85 bits per heavy atom. The van der Waals surface area contributed by atoms with Gasteiger partial charge in [0.1, 0.15) is 0 Å². The van der Waals surface area contributed by atoms with Gasteiger partial charge in [-0.1, -0.05) is 55.2 Å². The third kappa shape index (κ3) is 4.71. The molecular weight excluding hydrogens is 381 g/mol. The molecule has 0 atom stereocenters. The van der Waals surface area contributed by atoms with E-state index in [2.05, 4.69) is 24.3 Å². The molecule has 0 fully saturated rings. The molecule has 4 nitrogen and oxygen atoms in total. The van der Waals surface area contributed by atoms with Gasteiger partial charge in [-0.05, 0) is 42.7 Å². The summed E-state index contributed by atoms with van der Waals surface area (Å²) in [7, 11) is 0. The Labute approximate surface area is 169 Å². The SMILES string of the molecule is CC(C)CCNC(=O)c1cnn(-c2cccc(Cl)c2)c1-c1ccc(Cl)cc1. The maximum absolute atomic E-state index is 12.8. The summed E-state index contributed by atoms with van der Waals surface area (Å²) in [6.45, 7) is 4.88. The van der Waals surface area contributed by atoms with Crippen LogP contribution in [0.4, 0.5) is 0 Å². The average Bonchev–Trinajstić information content (AvgIpc) is 3.07. The maximum atomic E-state index is 12.8. The topological polar surface area (TPSA) is 46.9 Å². The highest BCUT2D eigenvalue weighted by atomic mass is 35.5. The van der Waals surface area contributed by atoms with Crippen LogP contribution in [0.1, 0.15) is 30.6 Å². The highest BCUT2D eigenvalue weighted by molar-refractivity contribution is 6.31. The Morgan fingerprint density at radius 3 is 2.52 bits per heavy atom. The second kappa shape index (κ2) is 8.59. The lowest BCUT2D eigenvalue weighted by Crippen LogP contribution is -2.25. The summed E-state index contributed by atoms with van der Waals surface area (Å²) in [4.78, 5) is 12.8. The number of nitrogens with zero attached hydrogens (tertiary/aromatic N) is 2. The van der Waals surface area contributed by atoms with E-state index in [4.69, 9.17) is 23.2 Å². The fourth-order valence-corrected chi connectivity index (χ4v) is 3.08. The van der Waals surface area contributed by atoms with Gasteiger partial charge in [0.05, 0.1) is 23.1 Å². The molecule has 0 bridgehead atoms. The molecule has 0 radical (unpaired) electrons. The number of carbonyl (C=O) groups excluding carboxylic acids is 1. The molecule has 3 aromatic rings. The second-order valence-corrected chi connectivity index (χ2v) is 7.62. The van der Waals surface area contributed by atoms with E-state index in [9.17, 15) is 4.79 Å². The molecule has 0 aliphatic rings. The highest BCUT2D eigenvalue weighted by Crippen LogP contribution is 2.28. The number of hydrogen-bond acceptors (Lipinski definition) is 2. The molecule has 3 rings (SSSR count). The summed E-state index contributed by atoms with van der Waals surface area (Å²) in [6, 6.07) is 14.7. The van der Waals surface area contributed by atoms with E-state index in [1.165, 1.54) is 0 Å². The van der Waals surface area contributed by atoms with E-state index >= 15 is 0 Å². The van der Waals surface area contributed by atoms with Crippen molar-refractivity contribution >= 4 is 29.1 Å². The van der Waals surface area contributed by atoms with Crippen molar-refractivity contribution < 1.29 is 4.79 Å². The molecule has 1 N–H and O–H groups in total. The molecule has 2 aromatic carbocycles. The van der Waals surface area contributed by atoms with Crippen molar-refractivity contribution in [1.82, 2.24) is 15.1 Å². The zero-order valence-corrected chi connectivity index (χ0v) is 16.8. The van der Waals surface area contributed by atoms with Crippen LogP contribution >= 0.6 is 23.2 Å². The summed E-state index contributed by atoms with van der Waals surface area (Å²) in [5, 5.41) is 8.68. The van der Waals surface area contributed by atoms with Crippen LogP contribution in [0.2, 0.25) is 10.0 Å². The number of amides is 1. The van der Waals surface area contributed by atoms with E-state index in [0.29, 0.717) is 33.8 Å². The summed E-state index contributed by atoms with van der Waals surface area (Å²) < 4.78 is 1.73. The Kier molecular flexibility index (Phi) is 6.19. The lowest BCUT2D eigenvalue weighted by Gasteiger charge is -2.11. The molecule has 0 aliphatic carbocycles. The van der Waals surface area contributed by atoms with Crippen molar-refractivity contribution in [2.75, 3.05) is 6.54 Å². The fourth-order valence-electron chi connectivity index (χ4n) is 2.77. The molecule has 27 heavy (non-hydrogen) atoms. The van der Waals surface area contributed by atoms with Gasteiger partial charge in [-0.2, -0.15) is 5.10 Å². The van der Waals surface area contributed by atoms with Crippen LogP contribution in [0, 0.1) is 5.92 Å². The van der Waals surface area contributed by atoms with Gasteiger partial charge in [0.15, 0.2) is 0 Å². The van der Waals surface area contributed by atoms with Crippen LogP contribution in [0.25, 0.3) is 16.9 Å². The van der Waals surface area contributed by atoms with Gasteiger partial charge < -0.3 is 5.32 Å². The van der Waals surface area contributed by atoms with Crippen molar-refractivity contribution in [3.8, 4) is 16.9 Å². The Bertz CT molecular complexity index is 933. The van der Waals surface area contributed by atoms with Crippen LogP contribution in [0.3, 0.4) is 0 Å². The van der Waals surface area contributed by atoms with Crippen LogP contribution < -0.4 is 5.32 Å². The minimum Gasteiger partial charge on any atom is -0.352 e. The molecule has 1 aromatic heterocycles. The zero-order chi connectivity index (χ0) is 19.4. The molecule has 0 saturated heterocycles. The lowest BCUT2D eigenvalue weighted by molar-refractivity contribution is 0.0952. The Hall–Kier alpha value is -2.30. The number of nitrogens with one attached hydrogen (secondary N) is 1. The normalized spacial score (nSPS) is 11.0. The largest absolute Gasteiger partial charge is 0.352 e. The summed E-state index contributed by atoms with van der Waals surface area (Å²) in [6.07, 6.45) is 2.51. The van der Waals surface area contributed by atoms with Crippen LogP contribution in [0.15, 0.2) is 54.7 Å². The number of carbonyl (C=O) groups is 1. The molecule has 0 unspecified atom stereocenters. The van der Waals surface area contributed by atoms with E-state index in [1.54, 1.807) is 29.1 Å². The predicted octanol–water partition coefficient (Wildman–Crippen LogP) is 5.62. The number of aromatic nitrogens is 2. The standard InChI is InChI=1S/C21H21Cl2N3O/c1-14(2)10-11-24-21(27)19-13-25-26(18-5-3-4-17(23)12-18)20(19)15-6-8-16(22)9-7-15/h3-9,12-14H,10-11H2,1-2H3,(H,24,27). The minimum atomic E-state index is -0.145. The molecule has 1 amide bonds. The summed E-state index contributed by atoms with van der Waals surface area (Å²) >= 11 is 12.2. The molecular formula is C21H21Cl2N3O. The first-order chi connectivity index (χ1) is 13.0. The fraction of sp³-hybridized carbons (Fsp3) is 0.238. The smallest absolute Gasteiger partial charge is 0.255 e. The molecule has 6 heteroatoms. The number of benzene rings is 2. The van der Waals surface area contributed by atoms with Crippen LogP contribution in [0.5, 0.6) is 0 Å². The van der Waals surface area contributed by atoms with Gasteiger partial charge in [-0.15, -0.1) is 0 Å². The Balaban J connectivity index is 2.03. The summed E-state index contributed by atoms with van der Waals surface area (Å²) in [5.41, 5.74) is 2.86. The van der Waals surface area contributed by atoms with E-state index in [-0.39, 0.29) is 5.91 Å². The van der Waals surface area contributed by atoms with Crippen molar-refractivity contribution in [3.05, 3.63) is 70.3 Å². The van der Waals surface area contributed by atoms with Crippen LogP contribution in [-0.4, -0.2) is 22.2 Å². The molecule has 0 aliphatic heterocycles. The third-order valence-electron chi connectivity index (χ3n) is 4.19. The van der Waals surface area contributed by atoms with E-state index in [1.807, 2.05) is 30.3 Å². The first-order valence-electron chi connectivity index (χ1n) is 8.84. The average molecular weight is 402 g/mol. The van der Waals surface area contributed by atoms with Crippen molar-refractivity contribution in [1.29, 1.82) is 0 Å². The van der Waals surface area contributed by atoms with Gasteiger partial charge in [-0.25, -0.2) is 4.68 Å². The van der Waals surface area contributed by atoms with E-state index in [0.717, 1.165) is 17.7 Å². The second-order valence-electron chi connectivity index (χ2n) is 6.74. The van der Waals surface area contributed by atoms with Gasteiger partial charge in [0, 0.05) is 22.2 Å². The van der Waals surface area contributed by atoms with Gasteiger partial charge in [-0.3, -0.25) is 4.79 Å². The zero-order valence-electron chi connectivity index (χ0n) is 15.2. The van der Waals surface area contributed by atoms with Gasteiger partial charge >= 0.3 is 0 Å². The number of hydrogen-bond donors (Lipinski definition) is 1. The monoisotopic (exact) mass is 401 g/mol. The predicted molar refractivity (Wildman–Crippen MR) is 111 cm³/mol. The number of rotatable bonds is 6. The lowest BCUT2D eigenvalue weighted by atomic mass is 10.1. The molecule has 140 valence electrons. The van der Waals surface area contributed by atoms with Gasteiger partial charge in [0.2, 0.25) is 0 Å². The van der Waals surface area contributed by atoms with Crippen molar-refractivity contribution in [2.24, 2.45) is 5.92 Å². The first kappa shape index (κ1) is 19.5. The van der Waals surface area contributed by atoms with E-state index < -0.39 is 0 Å². The number of halogens is 2. The molecule has 1 heterocycles. The van der Waals surface area contributed by atoms with Crippen molar-refractivity contribution in [3.63, 3.8) is 0 Å². The van der Waals surface area contributed by atoms with Gasteiger partial charge in [0.25, 0.3) is 5.91 Å². The minimum absolute atomic E-state index is 0.145. The quantitative estimate of drug-likeness (QED) is 0.582. The summed E-state index contributed by atoms with van der Waals surface area (Å²) in [5.74, 6) is 0.379. The maximum Gasteiger partial charge on any atom is 0.255 e. The Morgan fingerprint density at radius 1 is 1.11 bits per heavy atom. The molecule has 0 saturated carbocycles. The van der Waals surface area contributed by atoms with Crippen molar-refractivity contribution in [2.45, 2.75) is 20.3 Å². The third-order valence-corrected chi connectivity index (χ3v) is 4.68.